The van der Waals surface area contributed by atoms with Gasteiger partial charge in [0.2, 0.25) is 0 Å². The summed E-state index contributed by atoms with van der Waals surface area (Å²) in [5, 5.41) is 3.80. The first-order valence-electron chi connectivity index (χ1n) is 7.95. The van der Waals surface area contributed by atoms with E-state index in [-0.39, 0.29) is 0 Å². The van der Waals surface area contributed by atoms with Gasteiger partial charge in [-0.15, -0.1) is 0 Å². The summed E-state index contributed by atoms with van der Waals surface area (Å²) < 4.78 is 0. The molecule has 0 bridgehead atoms. The zero-order valence-corrected chi connectivity index (χ0v) is 12.7. The van der Waals surface area contributed by atoms with Crippen LogP contribution in [0.25, 0.3) is 0 Å². The van der Waals surface area contributed by atoms with Gasteiger partial charge in [-0.1, -0.05) is 63.9 Å². The summed E-state index contributed by atoms with van der Waals surface area (Å²) in [6.45, 7) is 8.18. The van der Waals surface area contributed by atoms with E-state index in [1.807, 2.05) is 0 Å². The molecule has 1 fully saturated rings. The van der Waals surface area contributed by atoms with E-state index in [1.54, 1.807) is 0 Å². The highest BCUT2D eigenvalue weighted by Gasteiger charge is 2.24. The number of hydrogen-bond donors (Lipinski definition) is 1. The molecule has 1 heteroatoms. The summed E-state index contributed by atoms with van der Waals surface area (Å²) >= 11 is 0. The van der Waals surface area contributed by atoms with Crippen molar-refractivity contribution in [2.75, 3.05) is 6.54 Å². The third-order valence-electron chi connectivity index (χ3n) is 4.74. The second-order valence-electron chi connectivity index (χ2n) is 6.59. The van der Waals surface area contributed by atoms with Gasteiger partial charge >= 0.3 is 0 Å². The normalized spacial score (nSPS) is 25.5. The molecule has 1 aromatic rings. The van der Waals surface area contributed by atoms with E-state index >= 15 is 0 Å². The van der Waals surface area contributed by atoms with E-state index in [2.05, 4.69) is 56.4 Å². The molecule has 0 heterocycles. The lowest BCUT2D eigenvalue weighted by Crippen LogP contribution is -2.37. The van der Waals surface area contributed by atoms with Crippen molar-refractivity contribution in [1.29, 1.82) is 0 Å². The van der Waals surface area contributed by atoms with E-state index in [4.69, 9.17) is 0 Å². The maximum absolute atomic E-state index is 3.80. The Hall–Kier alpha value is -0.820. The van der Waals surface area contributed by atoms with Gasteiger partial charge in [0.15, 0.2) is 0 Å². The Kier molecular flexibility index (Phi) is 5.45. The first-order chi connectivity index (χ1) is 9.16. The second kappa shape index (κ2) is 7.09. The fourth-order valence-corrected chi connectivity index (χ4v) is 3.26. The second-order valence-corrected chi connectivity index (χ2v) is 6.59. The van der Waals surface area contributed by atoms with Crippen molar-refractivity contribution in [2.45, 2.75) is 58.4 Å². The maximum Gasteiger partial charge on any atom is 0.00700 e. The van der Waals surface area contributed by atoms with Gasteiger partial charge in [0, 0.05) is 12.6 Å². The molecular weight excluding hydrogens is 230 g/mol. The fraction of sp³-hybridized carbons (Fsp3) is 0.667. The van der Waals surface area contributed by atoms with E-state index in [9.17, 15) is 0 Å². The first kappa shape index (κ1) is 14.6. The minimum atomic E-state index is 0.612. The summed E-state index contributed by atoms with van der Waals surface area (Å²) in [5.41, 5.74) is 1.45. The molecule has 0 saturated heterocycles. The van der Waals surface area contributed by atoms with Gasteiger partial charge in [-0.25, -0.2) is 0 Å². The van der Waals surface area contributed by atoms with Gasteiger partial charge in [-0.3, -0.25) is 0 Å². The molecule has 106 valence electrons. The summed E-state index contributed by atoms with van der Waals surface area (Å²) in [5.74, 6) is 2.38. The Morgan fingerprint density at radius 1 is 1.11 bits per heavy atom. The fourth-order valence-electron chi connectivity index (χ4n) is 3.26. The first-order valence-corrected chi connectivity index (χ1v) is 7.95. The summed E-state index contributed by atoms with van der Waals surface area (Å²) in [7, 11) is 0. The summed E-state index contributed by atoms with van der Waals surface area (Å²) in [4.78, 5) is 0. The van der Waals surface area contributed by atoms with Crippen LogP contribution in [-0.4, -0.2) is 12.6 Å². The van der Waals surface area contributed by atoms with Crippen molar-refractivity contribution in [3.63, 3.8) is 0 Å². The predicted octanol–water partition coefficient (Wildman–Crippen LogP) is 4.59. The van der Waals surface area contributed by atoms with Gasteiger partial charge in [-0.05, 0) is 36.2 Å². The lowest BCUT2D eigenvalue weighted by atomic mass is 9.79. The Labute approximate surface area is 118 Å². The molecule has 1 N–H and O–H groups in total. The number of benzene rings is 1. The highest BCUT2D eigenvalue weighted by atomic mass is 14.9. The maximum atomic E-state index is 3.80. The quantitative estimate of drug-likeness (QED) is 0.815. The molecule has 2 rings (SSSR count). The molecule has 1 aromatic carbocycles. The molecule has 1 saturated carbocycles. The third kappa shape index (κ3) is 4.35. The molecule has 1 nitrogen and oxygen atoms in total. The topological polar surface area (TPSA) is 12.0 Å². The largest absolute Gasteiger partial charge is 0.313 e. The molecule has 19 heavy (non-hydrogen) atoms. The van der Waals surface area contributed by atoms with E-state index in [0.717, 1.165) is 24.4 Å². The monoisotopic (exact) mass is 259 g/mol. The van der Waals surface area contributed by atoms with Gasteiger partial charge in [0.25, 0.3) is 0 Å². The van der Waals surface area contributed by atoms with E-state index in [0.29, 0.717) is 5.92 Å². The Bertz CT molecular complexity index is 357. The molecule has 0 aliphatic heterocycles. The predicted molar refractivity (Wildman–Crippen MR) is 83.4 cm³/mol. The molecule has 0 aromatic heterocycles. The van der Waals surface area contributed by atoms with Crippen molar-refractivity contribution >= 4 is 0 Å². The zero-order chi connectivity index (χ0) is 13.7. The average Bonchev–Trinajstić information content (AvgIpc) is 2.46. The van der Waals surface area contributed by atoms with Crippen LogP contribution in [-0.2, 0) is 0 Å². The molecule has 3 atom stereocenters. The van der Waals surface area contributed by atoms with Crippen LogP contribution in [0.2, 0.25) is 0 Å². The molecule has 1 aliphatic rings. The minimum absolute atomic E-state index is 0.612. The number of rotatable bonds is 5. The average molecular weight is 259 g/mol. The van der Waals surface area contributed by atoms with E-state index < -0.39 is 0 Å². The van der Waals surface area contributed by atoms with Crippen LogP contribution in [0.3, 0.4) is 0 Å². The van der Waals surface area contributed by atoms with Crippen LogP contribution < -0.4 is 5.32 Å². The molecular formula is C18H29N. The molecule has 0 amide bonds. The van der Waals surface area contributed by atoms with Crippen molar-refractivity contribution in [2.24, 2.45) is 11.8 Å². The molecule has 0 spiro atoms. The third-order valence-corrected chi connectivity index (χ3v) is 4.74. The van der Waals surface area contributed by atoms with Crippen molar-refractivity contribution in [3.05, 3.63) is 35.9 Å². The zero-order valence-electron chi connectivity index (χ0n) is 12.7. The standard InChI is InChI=1S/C18H29N/c1-14(2)17-10-7-11-18(12-17)19-13-15(3)16-8-5-4-6-9-16/h4-6,8-9,14-15,17-19H,7,10-13H2,1-3H3. The smallest absolute Gasteiger partial charge is 0.00700 e. The summed E-state index contributed by atoms with van der Waals surface area (Å²) in [6.07, 6.45) is 5.58. The van der Waals surface area contributed by atoms with Crippen LogP contribution >= 0.6 is 0 Å². The number of nitrogens with one attached hydrogen (secondary N) is 1. The highest BCUT2D eigenvalue weighted by molar-refractivity contribution is 5.19. The Morgan fingerprint density at radius 3 is 2.53 bits per heavy atom. The van der Waals surface area contributed by atoms with Gasteiger partial charge in [-0.2, -0.15) is 0 Å². The van der Waals surface area contributed by atoms with Crippen LogP contribution in [0.1, 0.15) is 57.9 Å². The van der Waals surface area contributed by atoms with Crippen LogP contribution in [0.15, 0.2) is 30.3 Å². The van der Waals surface area contributed by atoms with Gasteiger partial charge in [0.05, 0.1) is 0 Å². The lowest BCUT2D eigenvalue weighted by molar-refractivity contribution is 0.230. The van der Waals surface area contributed by atoms with Gasteiger partial charge in [0.1, 0.15) is 0 Å². The highest BCUT2D eigenvalue weighted by Crippen LogP contribution is 2.30. The lowest BCUT2D eigenvalue weighted by Gasteiger charge is -2.33. The number of hydrogen-bond acceptors (Lipinski definition) is 1. The molecule has 1 aliphatic carbocycles. The van der Waals surface area contributed by atoms with Crippen LogP contribution in [0.5, 0.6) is 0 Å². The molecule has 3 unspecified atom stereocenters. The molecule has 0 radical (unpaired) electrons. The van der Waals surface area contributed by atoms with E-state index in [1.165, 1.54) is 31.2 Å². The van der Waals surface area contributed by atoms with Gasteiger partial charge < -0.3 is 5.32 Å². The SMILES string of the molecule is CC(CNC1CCCC(C(C)C)C1)c1ccccc1. The summed E-state index contributed by atoms with van der Waals surface area (Å²) in [6, 6.07) is 11.6. The Morgan fingerprint density at radius 2 is 1.84 bits per heavy atom. The van der Waals surface area contributed by atoms with Crippen LogP contribution in [0, 0.1) is 11.8 Å². The van der Waals surface area contributed by atoms with Crippen LogP contribution in [0.4, 0.5) is 0 Å². The minimum Gasteiger partial charge on any atom is -0.313 e. The van der Waals surface area contributed by atoms with Crippen molar-refractivity contribution < 1.29 is 0 Å². The van der Waals surface area contributed by atoms with Crippen molar-refractivity contribution in [1.82, 2.24) is 5.32 Å². The van der Waals surface area contributed by atoms with Crippen molar-refractivity contribution in [3.8, 4) is 0 Å². The Balaban J connectivity index is 1.79.